The maximum absolute atomic E-state index is 12.8. The fourth-order valence-electron chi connectivity index (χ4n) is 2.70. The van der Waals surface area contributed by atoms with Crippen LogP contribution in [0, 0.1) is 0 Å². The van der Waals surface area contributed by atoms with E-state index in [4.69, 9.17) is 14.2 Å². The molecule has 1 aromatic heterocycles. The van der Waals surface area contributed by atoms with Gasteiger partial charge in [-0.15, -0.1) is 0 Å². The maximum atomic E-state index is 12.8. The third-order valence-electron chi connectivity index (χ3n) is 4.46. The summed E-state index contributed by atoms with van der Waals surface area (Å²) >= 11 is 0. The van der Waals surface area contributed by atoms with Gasteiger partial charge in [0.1, 0.15) is 18.1 Å². The molecule has 0 radical (unpaired) electrons. The van der Waals surface area contributed by atoms with Crippen LogP contribution in [0.15, 0.2) is 47.0 Å². The molecule has 1 aromatic carbocycles. The Balaban J connectivity index is 2.28. The van der Waals surface area contributed by atoms with Crippen molar-refractivity contribution in [2.45, 2.75) is 32.4 Å². The summed E-state index contributed by atoms with van der Waals surface area (Å²) in [5, 5.41) is 12.1. The minimum absolute atomic E-state index is 0.113. The van der Waals surface area contributed by atoms with Crippen molar-refractivity contribution in [1.29, 1.82) is 0 Å². The van der Waals surface area contributed by atoms with Crippen molar-refractivity contribution in [3.05, 3.63) is 53.7 Å². The van der Waals surface area contributed by atoms with Gasteiger partial charge in [0.05, 0.1) is 17.9 Å². The lowest BCUT2D eigenvalue weighted by molar-refractivity contribution is -0.211. The summed E-state index contributed by atoms with van der Waals surface area (Å²) < 4.78 is 81.6. The molecular formula is C23H26F3N2O6S-. The van der Waals surface area contributed by atoms with Gasteiger partial charge in [0.2, 0.25) is 5.88 Å². The van der Waals surface area contributed by atoms with E-state index in [0.29, 0.717) is 37.0 Å². The first-order chi connectivity index (χ1) is 16.5. The molecule has 0 saturated carbocycles. The molecule has 8 nitrogen and oxygen atoms in total. The lowest BCUT2D eigenvalue weighted by atomic mass is 10.1. The van der Waals surface area contributed by atoms with Gasteiger partial charge in [0.25, 0.3) is 10.0 Å². The summed E-state index contributed by atoms with van der Waals surface area (Å²) in [5.74, 6) is -0.837. The number of methoxy groups -OCH3 is 1. The van der Waals surface area contributed by atoms with Crippen LogP contribution in [0.2, 0.25) is 0 Å². The fraction of sp³-hybridized carbons (Fsp3) is 0.391. The molecule has 192 valence electrons. The highest BCUT2D eigenvalue weighted by molar-refractivity contribution is 7.90. The van der Waals surface area contributed by atoms with Gasteiger partial charge in [0, 0.05) is 36.9 Å². The molecule has 0 saturated heterocycles. The number of pyridine rings is 1. The summed E-state index contributed by atoms with van der Waals surface area (Å²) in [6.45, 7) is 2.48. The largest absolute Gasteiger partial charge is 0.858 e. The van der Waals surface area contributed by atoms with Gasteiger partial charge in [0.15, 0.2) is 0 Å². The van der Waals surface area contributed by atoms with Crippen LogP contribution in [0.4, 0.5) is 13.2 Å². The average molecular weight is 516 g/mol. The summed E-state index contributed by atoms with van der Waals surface area (Å²) in [6, 6.07) is 6.44. The number of benzene rings is 1. The monoisotopic (exact) mass is 515 g/mol. The van der Waals surface area contributed by atoms with Crippen LogP contribution in [0.5, 0.6) is 17.4 Å². The van der Waals surface area contributed by atoms with Crippen molar-refractivity contribution in [3.63, 3.8) is 0 Å². The standard InChI is InChI=1S/C23H27F3N2O6S/c1-3-4-5-14-35(30,31)28-21(29)10-7-17-6-9-19(33-13-12-32-2)15-20(17)34-22-11-8-18(16-27-22)23(24,25)26/h6-11,15-16H,3-5,12-14H2,1-2H3,(H,28,29)/p-1/b10-7+. The molecule has 35 heavy (non-hydrogen) atoms. The van der Waals surface area contributed by atoms with Crippen LogP contribution in [-0.4, -0.2) is 45.4 Å². The van der Waals surface area contributed by atoms with Crippen LogP contribution in [-0.2, 0) is 20.9 Å². The lowest BCUT2D eigenvalue weighted by Gasteiger charge is -2.13. The van der Waals surface area contributed by atoms with E-state index in [-0.39, 0.29) is 24.0 Å². The van der Waals surface area contributed by atoms with E-state index in [0.717, 1.165) is 24.6 Å². The van der Waals surface area contributed by atoms with Crippen molar-refractivity contribution >= 4 is 22.0 Å². The Morgan fingerprint density at radius 1 is 1.17 bits per heavy atom. The molecule has 2 rings (SSSR count). The molecule has 0 amide bonds. The normalized spacial score (nSPS) is 12.8. The smallest absolute Gasteiger partial charge is 0.417 e. The molecule has 0 N–H and O–H groups in total. The van der Waals surface area contributed by atoms with Crippen molar-refractivity contribution in [2.24, 2.45) is 4.40 Å². The SMILES string of the molecule is CCCCCS(=O)(=O)/N=C([O-])/C=C/c1ccc(OCCOC)cc1Oc1ccc(C(F)(F)F)cn1. The second-order valence-electron chi connectivity index (χ2n) is 7.28. The van der Waals surface area contributed by atoms with Gasteiger partial charge >= 0.3 is 6.18 Å². The molecule has 0 fully saturated rings. The average Bonchev–Trinajstić information content (AvgIpc) is 2.78. The Labute approximate surface area is 202 Å². The quantitative estimate of drug-likeness (QED) is 0.223. The van der Waals surface area contributed by atoms with Crippen LogP contribution in [0.1, 0.15) is 37.3 Å². The van der Waals surface area contributed by atoms with E-state index in [9.17, 15) is 26.7 Å². The number of hydrogen-bond donors (Lipinski definition) is 0. The van der Waals surface area contributed by atoms with E-state index in [2.05, 4.69) is 9.38 Å². The maximum Gasteiger partial charge on any atom is 0.417 e. The number of rotatable bonds is 13. The zero-order chi connectivity index (χ0) is 25.9. The van der Waals surface area contributed by atoms with E-state index in [1.165, 1.54) is 25.3 Å². The predicted octanol–water partition coefficient (Wildman–Crippen LogP) is 4.21. The Kier molecular flexibility index (Phi) is 10.5. The summed E-state index contributed by atoms with van der Waals surface area (Å²) in [5.41, 5.74) is -0.619. The molecule has 2 aromatic rings. The summed E-state index contributed by atoms with van der Waals surface area (Å²) in [7, 11) is -2.38. The number of alkyl halides is 3. The number of aromatic nitrogens is 1. The molecule has 0 unspecified atom stereocenters. The summed E-state index contributed by atoms with van der Waals surface area (Å²) in [6.07, 6.45) is 0.269. The highest BCUT2D eigenvalue weighted by atomic mass is 32.2. The Morgan fingerprint density at radius 3 is 2.57 bits per heavy atom. The van der Waals surface area contributed by atoms with E-state index >= 15 is 0 Å². The lowest BCUT2D eigenvalue weighted by Crippen LogP contribution is -2.17. The second-order valence-corrected chi connectivity index (χ2v) is 9.04. The highest BCUT2D eigenvalue weighted by Crippen LogP contribution is 2.32. The second kappa shape index (κ2) is 13.1. The third-order valence-corrected chi connectivity index (χ3v) is 5.72. The third kappa shape index (κ3) is 9.95. The Bertz CT molecular complexity index is 1120. The molecule has 0 bridgehead atoms. The Hall–Kier alpha value is -3.12. The van der Waals surface area contributed by atoms with E-state index < -0.39 is 27.7 Å². The van der Waals surface area contributed by atoms with Crippen molar-refractivity contribution in [3.8, 4) is 17.4 Å². The van der Waals surface area contributed by atoms with Crippen molar-refractivity contribution in [1.82, 2.24) is 4.98 Å². The highest BCUT2D eigenvalue weighted by Gasteiger charge is 2.30. The van der Waals surface area contributed by atoms with E-state index in [1.807, 2.05) is 6.92 Å². The predicted molar refractivity (Wildman–Crippen MR) is 123 cm³/mol. The minimum atomic E-state index is -4.55. The van der Waals surface area contributed by atoms with Gasteiger partial charge in [-0.2, -0.15) is 17.6 Å². The number of hydrogen-bond acceptors (Lipinski definition) is 7. The van der Waals surface area contributed by atoms with Gasteiger partial charge in [-0.25, -0.2) is 13.4 Å². The minimum Gasteiger partial charge on any atom is -0.858 e. The molecule has 0 aliphatic rings. The molecular weight excluding hydrogens is 489 g/mol. The van der Waals surface area contributed by atoms with Crippen LogP contribution in [0.3, 0.4) is 0 Å². The van der Waals surface area contributed by atoms with Gasteiger partial charge in [-0.3, -0.25) is 0 Å². The van der Waals surface area contributed by atoms with Gasteiger partial charge in [-0.05, 0) is 30.7 Å². The topological polar surface area (TPSA) is 110 Å². The fourth-order valence-corrected chi connectivity index (χ4v) is 3.70. The molecule has 0 spiro atoms. The molecule has 0 aliphatic carbocycles. The zero-order valence-electron chi connectivity index (χ0n) is 19.2. The number of halogens is 3. The van der Waals surface area contributed by atoms with Crippen molar-refractivity contribution in [2.75, 3.05) is 26.1 Å². The van der Waals surface area contributed by atoms with Crippen LogP contribution >= 0.6 is 0 Å². The molecule has 1 heterocycles. The molecule has 12 heteroatoms. The Morgan fingerprint density at radius 2 is 1.94 bits per heavy atom. The van der Waals surface area contributed by atoms with E-state index in [1.54, 1.807) is 6.07 Å². The zero-order valence-corrected chi connectivity index (χ0v) is 20.1. The number of nitrogens with zero attached hydrogens (tertiary/aromatic N) is 2. The number of unbranched alkanes of at least 4 members (excludes halogenated alkanes) is 2. The first kappa shape index (κ1) is 28.1. The van der Waals surface area contributed by atoms with Crippen LogP contribution in [0.25, 0.3) is 6.08 Å². The first-order valence-corrected chi connectivity index (χ1v) is 12.3. The van der Waals surface area contributed by atoms with Crippen molar-refractivity contribution < 1.29 is 40.9 Å². The number of sulfonamides is 1. The van der Waals surface area contributed by atoms with Gasteiger partial charge in [-0.1, -0.05) is 25.8 Å². The molecule has 0 aliphatic heterocycles. The van der Waals surface area contributed by atoms with Gasteiger partial charge < -0.3 is 19.3 Å². The van der Waals surface area contributed by atoms with Crippen LogP contribution < -0.4 is 14.6 Å². The molecule has 0 atom stereocenters. The first-order valence-electron chi connectivity index (χ1n) is 10.7. The summed E-state index contributed by atoms with van der Waals surface area (Å²) in [4.78, 5) is 3.67. The number of ether oxygens (including phenoxy) is 3.